The minimum Gasteiger partial charge on any atom is -0.355 e. The van der Waals surface area contributed by atoms with Crippen LogP contribution in [0.1, 0.15) is 58.3 Å². The van der Waals surface area contributed by atoms with Crippen molar-refractivity contribution in [3.8, 4) is 0 Å². The smallest absolute Gasteiger partial charge is 0.234 e. The van der Waals surface area contributed by atoms with E-state index in [1.54, 1.807) is 0 Å². The predicted molar refractivity (Wildman–Crippen MR) is 87.0 cm³/mol. The van der Waals surface area contributed by atoms with E-state index in [-0.39, 0.29) is 5.91 Å². The van der Waals surface area contributed by atoms with Crippen LogP contribution in [0.4, 0.5) is 0 Å². The molecule has 1 saturated heterocycles. The first kappa shape index (κ1) is 16.5. The van der Waals surface area contributed by atoms with E-state index in [1.165, 1.54) is 44.1 Å². The molecule has 21 heavy (non-hydrogen) atoms. The Morgan fingerprint density at radius 3 is 2.95 bits per heavy atom. The molecule has 2 rings (SSSR count). The van der Waals surface area contributed by atoms with Crippen LogP contribution in [0.25, 0.3) is 0 Å². The van der Waals surface area contributed by atoms with Crippen LogP contribution in [0.3, 0.4) is 0 Å². The molecular weight excluding hydrogens is 262 g/mol. The predicted octanol–water partition coefficient (Wildman–Crippen LogP) is 2.19. The molecule has 0 aromatic heterocycles. The van der Waals surface area contributed by atoms with Gasteiger partial charge in [-0.05, 0) is 51.9 Å². The Hall–Kier alpha value is -0.870. The van der Waals surface area contributed by atoms with Crippen LogP contribution in [0.5, 0.6) is 0 Å². The van der Waals surface area contributed by atoms with Gasteiger partial charge in [-0.2, -0.15) is 0 Å². The molecule has 1 heterocycles. The van der Waals surface area contributed by atoms with Crippen LogP contribution in [-0.4, -0.2) is 42.5 Å². The van der Waals surface area contributed by atoms with Crippen molar-refractivity contribution in [3.63, 3.8) is 0 Å². The number of nitrogens with zero attached hydrogens (tertiary/aromatic N) is 1. The first-order chi connectivity index (χ1) is 10.2. The maximum Gasteiger partial charge on any atom is 0.234 e. The number of hydrogen-bond donors (Lipinski definition) is 2. The van der Waals surface area contributed by atoms with Gasteiger partial charge in [-0.1, -0.05) is 18.1 Å². The van der Waals surface area contributed by atoms with Gasteiger partial charge in [0.15, 0.2) is 0 Å². The van der Waals surface area contributed by atoms with Crippen LogP contribution < -0.4 is 11.1 Å². The molecule has 0 saturated carbocycles. The second-order valence-electron chi connectivity index (χ2n) is 6.55. The fourth-order valence-electron chi connectivity index (χ4n) is 3.59. The van der Waals surface area contributed by atoms with Gasteiger partial charge in [-0.15, -0.1) is 0 Å². The van der Waals surface area contributed by atoms with E-state index in [0.717, 1.165) is 19.4 Å². The van der Waals surface area contributed by atoms with Gasteiger partial charge in [0.2, 0.25) is 5.91 Å². The average molecular weight is 293 g/mol. The molecule has 0 aromatic rings. The molecule has 4 heteroatoms. The molecule has 0 aromatic carbocycles. The summed E-state index contributed by atoms with van der Waals surface area (Å²) in [6.07, 6.45) is 12.0. The van der Waals surface area contributed by atoms with Gasteiger partial charge in [-0.25, -0.2) is 0 Å². The Morgan fingerprint density at radius 2 is 2.24 bits per heavy atom. The molecule has 4 nitrogen and oxygen atoms in total. The van der Waals surface area contributed by atoms with E-state index in [0.29, 0.717) is 25.2 Å². The fraction of sp³-hybridized carbons (Fsp3) is 0.824. The highest BCUT2D eigenvalue weighted by Crippen LogP contribution is 2.22. The molecule has 0 radical (unpaired) electrons. The van der Waals surface area contributed by atoms with Crippen molar-refractivity contribution in [1.82, 2.24) is 10.2 Å². The monoisotopic (exact) mass is 293 g/mol. The van der Waals surface area contributed by atoms with Gasteiger partial charge in [0.25, 0.3) is 0 Å². The van der Waals surface area contributed by atoms with Crippen LogP contribution in [0.15, 0.2) is 11.6 Å². The van der Waals surface area contributed by atoms with Crippen LogP contribution in [0.2, 0.25) is 0 Å². The van der Waals surface area contributed by atoms with Gasteiger partial charge in [0.1, 0.15) is 0 Å². The average Bonchev–Trinajstić information content (AvgIpc) is 2.50. The number of nitrogens with one attached hydrogen (secondary N) is 1. The van der Waals surface area contributed by atoms with Crippen molar-refractivity contribution in [2.75, 3.05) is 19.6 Å². The molecule has 3 N–H and O–H groups in total. The quantitative estimate of drug-likeness (QED) is 0.738. The number of likely N-dealkylation sites (tertiary alicyclic amines) is 1. The van der Waals surface area contributed by atoms with Crippen molar-refractivity contribution in [3.05, 3.63) is 11.6 Å². The molecule has 0 bridgehead atoms. The number of rotatable bonds is 6. The molecule has 1 aliphatic heterocycles. The Labute approximate surface area is 129 Å². The number of nitrogens with two attached hydrogens (primary N) is 1. The highest BCUT2D eigenvalue weighted by Gasteiger charge is 2.28. The number of allylic oxidation sites excluding steroid dienone is 1. The molecule has 1 amide bonds. The van der Waals surface area contributed by atoms with Crippen molar-refractivity contribution >= 4 is 5.91 Å². The zero-order valence-corrected chi connectivity index (χ0v) is 13.4. The third-order valence-corrected chi connectivity index (χ3v) is 4.95. The van der Waals surface area contributed by atoms with Gasteiger partial charge in [0.05, 0.1) is 6.54 Å². The molecule has 2 atom stereocenters. The first-order valence-electron chi connectivity index (χ1n) is 8.61. The topological polar surface area (TPSA) is 58.4 Å². The van der Waals surface area contributed by atoms with Gasteiger partial charge < -0.3 is 11.1 Å². The summed E-state index contributed by atoms with van der Waals surface area (Å²) in [6.45, 7) is 4.15. The second-order valence-corrected chi connectivity index (χ2v) is 6.55. The van der Waals surface area contributed by atoms with E-state index in [2.05, 4.69) is 23.2 Å². The number of hydrogen-bond acceptors (Lipinski definition) is 3. The molecular formula is C17H31N3O. The third-order valence-electron chi connectivity index (χ3n) is 4.95. The number of carbonyl (C=O) groups is 1. The van der Waals surface area contributed by atoms with E-state index >= 15 is 0 Å². The van der Waals surface area contributed by atoms with Gasteiger partial charge in [0, 0.05) is 25.2 Å². The van der Waals surface area contributed by atoms with Crippen LogP contribution >= 0.6 is 0 Å². The second kappa shape index (κ2) is 8.54. The van der Waals surface area contributed by atoms with Crippen molar-refractivity contribution < 1.29 is 4.79 Å². The Kier molecular flexibility index (Phi) is 6.71. The van der Waals surface area contributed by atoms with Crippen molar-refractivity contribution in [1.29, 1.82) is 0 Å². The van der Waals surface area contributed by atoms with E-state index in [4.69, 9.17) is 5.73 Å². The number of carbonyl (C=O) groups excluding carboxylic acids is 1. The fourth-order valence-corrected chi connectivity index (χ4v) is 3.59. The summed E-state index contributed by atoms with van der Waals surface area (Å²) in [7, 11) is 0. The normalized spacial score (nSPS) is 27.2. The van der Waals surface area contributed by atoms with Crippen molar-refractivity contribution in [2.24, 2.45) is 5.73 Å². The van der Waals surface area contributed by atoms with Crippen LogP contribution in [0, 0.1) is 0 Å². The highest BCUT2D eigenvalue weighted by atomic mass is 16.2. The summed E-state index contributed by atoms with van der Waals surface area (Å²) in [5.41, 5.74) is 7.37. The summed E-state index contributed by atoms with van der Waals surface area (Å²) in [5.74, 6) is 0.151. The molecule has 0 spiro atoms. The largest absolute Gasteiger partial charge is 0.355 e. The third kappa shape index (κ3) is 5.11. The Balaban J connectivity index is 1.71. The summed E-state index contributed by atoms with van der Waals surface area (Å²) >= 11 is 0. The maximum absolute atomic E-state index is 12.1. The SMILES string of the molecule is CC1CCCC(CN)N1CC(=O)NCCC1=CCCCC1. The van der Waals surface area contributed by atoms with Crippen molar-refractivity contribution in [2.45, 2.75) is 70.4 Å². The van der Waals surface area contributed by atoms with E-state index in [9.17, 15) is 4.79 Å². The number of piperidine rings is 1. The summed E-state index contributed by atoms with van der Waals surface area (Å²) in [6, 6.07) is 0.847. The molecule has 120 valence electrons. The minimum absolute atomic E-state index is 0.151. The summed E-state index contributed by atoms with van der Waals surface area (Å²) in [5, 5.41) is 3.08. The highest BCUT2D eigenvalue weighted by molar-refractivity contribution is 5.78. The minimum atomic E-state index is 0.151. The van der Waals surface area contributed by atoms with Gasteiger partial charge >= 0.3 is 0 Å². The lowest BCUT2D eigenvalue weighted by atomic mass is 9.96. The number of amides is 1. The molecule has 1 fully saturated rings. The first-order valence-corrected chi connectivity index (χ1v) is 8.61. The maximum atomic E-state index is 12.1. The molecule has 2 unspecified atom stereocenters. The molecule has 1 aliphatic carbocycles. The Bertz CT molecular complexity index is 367. The van der Waals surface area contributed by atoms with E-state index in [1.807, 2.05) is 0 Å². The molecule has 2 aliphatic rings. The lowest BCUT2D eigenvalue weighted by molar-refractivity contribution is -0.123. The van der Waals surface area contributed by atoms with Gasteiger partial charge in [-0.3, -0.25) is 9.69 Å². The lowest BCUT2D eigenvalue weighted by Crippen LogP contribution is -2.52. The standard InChI is InChI=1S/C17H31N3O/c1-14-6-5-9-16(12-18)20(14)13-17(21)19-11-10-15-7-3-2-4-8-15/h7,14,16H,2-6,8-13,18H2,1H3,(H,19,21). The Morgan fingerprint density at radius 1 is 1.38 bits per heavy atom. The summed E-state index contributed by atoms with van der Waals surface area (Å²) < 4.78 is 0. The zero-order chi connectivity index (χ0) is 15.1. The van der Waals surface area contributed by atoms with Crippen LogP contribution in [-0.2, 0) is 4.79 Å². The lowest BCUT2D eigenvalue weighted by Gasteiger charge is -2.39. The zero-order valence-electron chi connectivity index (χ0n) is 13.4. The summed E-state index contributed by atoms with van der Waals surface area (Å²) in [4.78, 5) is 14.4. The van der Waals surface area contributed by atoms with E-state index < -0.39 is 0 Å².